The van der Waals surface area contributed by atoms with E-state index in [0.29, 0.717) is 32.9 Å². The number of aryl methyl sites for hydroxylation is 1. The molecule has 6 heteroatoms. The lowest BCUT2D eigenvalue weighted by Crippen LogP contribution is -2.30. The lowest BCUT2D eigenvalue weighted by molar-refractivity contribution is -0.123. The topological polar surface area (TPSA) is 68.3 Å². The normalized spacial score (nSPS) is 11.8. The Morgan fingerprint density at radius 2 is 1.81 bits per heavy atom. The molecule has 0 fully saturated rings. The number of esters is 1. The van der Waals surface area contributed by atoms with E-state index >= 15 is 0 Å². The maximum Gasteiger partial charge on any atom is 0.339 e. The van der Waals surface area contributed by atoms with Gasteiger partial charge in [-0.3, -0.25) is 9.78 Å². The number of amides is 1. The number of fused-ring (bicyclic) bond motifs is 1. The van der Waals surface area contributed by atoms with Crippen molar-refractivity contribution in [3.05, 3.63) is 70.9 Å². The molecular weight excluding hydrogens is 352 g/mol. The lowest BCUT2D eigenvalue weighted by atomic mass is 10.1. The predicted octanol–water partition coefficient (Wildman–Crippen LogP) is 4.38. The van der Waals surface area contributed by atoms with Gasteiger partial charge in [0.2, 0.25) is 0 Å². The second kappa shape index (κ2) is 7.54. The number of hydrogen-bond acceptors (Lipinski definition) is 4. The number of anilines is 1. The molecule has 1 N–H and O–H groups in total. The third-order valence-corrected chi connectivity index (χ3v) is 4.18. The Balaban J connectivity index is 1.77. The number of halogens is 1. The van der Waals surface area contributed by atoms with Gasteiger partial charge in [-0.1, -0.05) is 41.9 Å². The van der Waals surface area contributed by atoms with Crippen molar-refractivity contribution in [3.8, 4) is 0 Å². The summed E-state index contributed by atoms with van der Waals surface area (Å²) in [6.45, 7) is 3.32. The molecule has 0 aliphatic rings. The lowest BCUT2D eigenvalue weighted by Gasteiger charge is -2.15. The number of para-hydroxylation sites is 2. The Morgan fingerprint density at radius 1 is 1.12 bits per heavy atom. The van der Waals surface area contributed by atoms with Gasteiger partial charge in [0.05, 0.1) is 21.8 Å². The molecule has 5 nitrogen and oxygen atoms in total. The maximum atomic E-state index is 12.6. The standard InChI is InChI=1S/C20H17ClN2O3/c1-12-11-15(14-7-3-5-9-17(14)22-12)20(25)26-13(2)19(24)23-18-10-6-4-8-16(18)21/h3-11,13H,1-2H3,(H,23,24)/t13-/m0/s1. The van der Waals surface area contributed by atoms with Gasteiger partial charge in [-0.25, -0.2) is 4.79 Å². The van der Waals surface area contributed by atoms with Gasteiger partial charge in [-0.15, -0.1) is 0 Å². The van der Waals surface area contributed by atoms with Crippen LogP contribution in [0.2, 0.25) is 5.02 Å². The van der Waals surface area contributed by atoms with Crippen molar-refractivity contribution in [2.75, 3.05) is 5.32 Å². The van der Waals surface area contributed by atoms with Crippen molar-refractivity contribution in [3.63, 3.8) is 0 Å². The number of hydrogen-bond donors (Lipinski definition) is 1. The average molecular weight is 369 g/mol. The molecule has 1 heterocycles. The van der Waals surface area contributed by atoms with E-state index in [1.807, 2.05) is 18.2 Å². The first-order chi connectivity index (χ1) is 12.5. The van der Waals surface area contributed by atoms with Gasteiger partial charge in [-0.05, 0) is 38.1 Å². The highest BCUT2D eigenvalue weighted by Gasteiger charge is 2.21. The molecule has 1 atom stereocenters. The quantitative estimate of drug-likeness (QED) is 0.694. The highest BCUT2D eigenvalue weighted by molar-refractivity contribution is 6.33. The molecule has 3 rings (SSSR count). The molecule has 1 amide bonds. The first-order valence-corrected chi connectivity index (χ1v) is 8.46. The molecule has 3 aromatic rings. The number of benzene rings is 2. The molecule has 1 aromatic heterocycles. The minimum Gasteiger partial charge on any atom is -0.449 e. The number of ether oxygens (including phenoxy) is 1. The first-order valence-electron chi connectivity index (χ1n) is 8.08. The summed E-state index contributed by atoms with van der Waals surface area (Å²) in [7, 11) is 0. The number of carbonyl (C=O) groups is 2. The largest absolute Gasteiger partial charge is 0.449 e. The molecule has 132 valence electrons. The molecule has 2 aromatic carbocycles. The number of aromatic nitrogens is 1. The summed E-state index contributed by atoms with van der Waals surface area (Å²) in [6, 6.07) is 15.8. The summed E-state index contributed by atoms with van der Waals surface area (Å²) in [5.74, 6) is -1.03. The van der Waals surface area contributed by atoms with E-state index in [-0.39, 0.29) is 0 Å². The Kier molecular flexibility index (Phi) is 5.19. The fourth-order valence-corrected chi connectivity index (χ4v) is 2.73. The van der Waals surface area contributed by atoms with Crippen LogP contribution in [-0.2, 0) is 9.53 Å². The fraction of sp³-hybridized carbons (Fsp3) is 0.150. The zero-order chi connectivity index (χ0) is 18.7. The van der Waals surface area contributed by atoms with Crippen molar-refractivity contribution < 1.29 is 14.3 Å². The van der Waals surface area contributed by atoms with Crippen LogP contribution in [0.1, 0.15) is 23.0 Å². The van der Waals surface area contributed by atoms with Gasteiger partial charge in [0, 0.05) is 11.1 Å². The zero-order valence-electron chi connectivity index (χ0n) is 14.3. The summed E-state index contributed by atoms with van der Waals surface area (Å²) in [6.07, 6.45) is -0.981. The average Bonchev–Trinajstić information content (AvgIpc) is 2.62. The Morgan fingerprint density at radius 3 is 2.58 bits per heavy atom. The van der Waals surface area contributed by atoms with Gasteiger partial charge < -0.3 is 10.1 Å². The molecule has 0 aliphatic carbocycles. The zero-order valence-corrected chi connectivity index (χ0v) is 15.1. The highest BCUT2D eigenvalue weighted by Crippen LogP contribution is 2.22. The molecule has 0 spiro atoms. The molecule has 0 bridgehead atoms. The van der Waals surface area contributed by atoms with Crippen molar-refractivity contribution >= 4 is 40.1 Å². The van der Waals surface area contributed by atoms with Crippen LogP contribution in [-0.4, -0.2) is 23.0 Å². The highest BCUT2D eigenvalue weighted by atomic mass is 35.5. The van der Waals surface area contributed by atoms with Crippen LogP contribution in [0, 0.1) is 6.92 Å². The number of rotatable bonds is 4. The van der Waals surface area contributed by atoms with Crippen LogP contribution in [0.3, 0.4) is 0 Å². The van der Waals surface area contributed by atoms with Crippen LogP contribution in [0.15, 0.2) is 54.6 Å². The summed E-state index contributed by atoms with van der Waals surface area (Å²) in [5, 5.41) is 3.75. The Bertz CT molecular complexity index is 988. The number of pyridine rings is 1. The molecule has 0 aliphatic heterocycles. The van der Waals surface area contributed by atoms with E-state index in [0.717, 1.165) is 0 Å². The van der Waals surface area contributed by atoms with Crippen molar-refractivity contribution in [2.24, 2.45) is 0 Å². The fourth-order valence-electron chi connectivity index (χ4n) is 2.55. The Hall–Kier alpha value is -2.92. The van der Waals surface area contributed by atoms with E-state index in [1.54, 1.807) is 43.3 Å². The van der Waals surface area contributed by atoms with Crippen molar-refractivity contribution in [2.45, 2.75) is 20.0 Å². The van der Waals surface area contributed by atoms with Gasteiger partial charge in [0.15, 0.2) is 6.10 Å². The van der Waals surface area contributed by atoms with E-state index in [2.05, 4.69) is 10.3 Å². The van der Waals surface area contributed by atoms with E-state index in [1.165, 1.54) is 6.92 Å². The Labute approximate surface area is 156 Å². The van der Waals surface area contributed by atoms with Crippen LogP contribution < -0.4 is 5.32 Å². The van der Waals surface area contributed by atoms with E-state index in [9.17, 15) is 9.59 Å². The van der Waals surface area contributed by atoms with Crippen LogP contribution in [0.25, 0.3) is 10.9 Å². The van der Waals surface area contributed by atoms with Crippen LogP contribution in [0.5, 0.6) is 0 Å². The predicted molar refractivity (Wildman–Crippen MR) is 101 cm³/mol. The summed E-state index contributed by atoms with van der Waals surface area (Å²) in [5.41, 5.74) is 2.24. The van der Waals surface area contributed by atoms with Crippen LogP contribution >= 0.6 is 11.6 Å². The maximum absolute atomic E-state index is 12.6. The van der Waals surface area contributed by atoms with Gasteiger partial charge >= 0.3 is 5.97 Å². The molecule has 26 heavy (non-hydrogen) atoms. The molecule has 0 saturated carbocycles. The molecule has 0 radical (unpaired) electrons. The molecule has 0 saturated heterocycles. The van der Waals surface area contributed by atoms with Crippen molar-refractivity contribution in [1.82, 2.24) is 4.98 Å². The molecular formula is C20H17ClN2O3. The van der Waals surface area contributed by atoms with E-state index in [4.69, 9.17) is 16.3 Å². The number of nitrogens with zero attached hydrogens (tertiary/aromatic N) is 1. The smallest absolute Gasteiger partial charge is 0.339 e. The minimum absolute atomic E-state index is 0.380. The summed E-state index contributed by atoms with van der Waals surface area (Å²) in [4.78, 5) is 29.3. The third-order valence-electron chi connectivity index (χ3n) is 3.85. The second-order valence-corrected chi connectivity index (χ2v) is 6.25. The monoisotopic (exact) mass is 368 g/mol. The number of nitrogens with one attached hydrogen (secondary N) is 1. The number of carbonyl (C=O) groups excluding carboxylic acids is 2. The summed E-state index contributed by atoms with van der Waals surface area (Å²) < 4.78 is 5.35. The van der Waals surface area contributed by atoms with E-state index < -0.39 is 18.0 Å². The van der Waals surface area contributed by atoms with Gasteiger partial charge in [0.1, 0.15) is 0 Å². The van der Waals surface area contributed by atoms with Crippen LogP contribution in [0.4, 0.5) is 5.69 Å². The second-order valence-electron chi connectivity index (χ2n) is 5.84. The van der Waals surface area contributed by atoms with Gasteiger partial charge in [0.25, 0.3) is 5.91 Å². The molecule has 0 unspecified atom stereocenters. The third kappa shape index (κ3) is 3.83. The summed E-state index contributed by atoms with van der Waals surface area (Å²) >= 11 is 6.03. The minimum atomic E-state index is -0.981. The first kappa shape index (κ1) is 17.9. The van der Waals surface area contributed by atoms with Crippen molar-refractivity contribution in [1.29, 1.82) is 0 Å². The van der Waals surface area contributed by atoms with Gasteiger partial charge in [-0.2, -0.15) is 0 Å². The SMILES string of the molecule is Cc1cc(C(=O)O[C@@H](C)C(=O)Nc2ccccc2Cl)c2ccccc2n1.